The van der Waals surface area contributed by atoms with Gasteiger partial charge >= 0.3 is 0 Å². The van der Waals surface area contributed by atoms with Crippen molar-refractivity contribution >= 4 is 11.6 Å². The lowest BCUT2D eigenvalue weighted by Crippen LogP contribution is -2.26. The molecule has 2 N–H and O–H groups in total. The molecule has 0 aliphatic carbocycles. The van der Waals surface area contributed by atoms with Crippen molar-refractivity contribution in [2.45, 2.75) is 18.9 Å². The summed E-state index contributed by atoms with van der Waals surface area (Å²) in [4.78, 5) is 0. The van der Waals surface area contributed by atoms with E-state index in [1.807, 2.05) is 0 Å². The third-order valence-electron chi connectivity index (χ3n) is 3.00. The van der Waals surface area contributed by atoms with Crippen LogP contribution in [0.5, 0.6) is 0 Å². The van der Waals surface area contributed by atoms with Crippen LogP contribution >= 0.6 is 11.6 Å². The van der Waals surface area contributed by atoms with Gasteiger partial charge < -0.3 is 5.73 Å². The minimum Gasteiger partial charge on any atom is -0.327 e. The Bertz CT molecular complexity index is 612. The third kappa shape index (κ3) is 3.52. The summed E-state index contributed by atoms with van der Waals surface area (Å²) in [5.74, 6) is -2.23. The average molecular weight is 300 g/mol. The Morgan fingerprint density at radius 1 is 0.950 bits per heavy atom. The maximum absolute atomic E-state index is 13.6. The maximum Gasteiger partial charge on any atom is 0.162 e. The van der Waals surface area contributed by atoms with Gasteiger partial charge in [-0.05, 0) is 48.2 Å². The largest absolute Gasteiger partial charge is 0.327 e. The number of halogens is 4. The smallest absolute Gasteiger partial charge is 0.162 e. The van der Waals surface area contributed by atoms with Crippen LogP contribution in [0.1, 0.15) is 11.1 Å². The van der Waals surface area contributed by atoms with Gasteiger partial charge in [-0.1, -0.05) is 23.7 Å². The monoisotopic (exact) mass is 299 g/mol. The first-order chi connectivity index (χ1) is 9.47. The fraction of sp³-hybridized carbons (Fsp3) is 0.200. The van der Waals surface area contributed by atoms with Gasteiger partial charge in [-0.2, -0.15) is 0 Å². The molecule has 0 saturated heterocycles. The topological polar surface area (TPSA) is 26.0 Å². The van der Waals surface area contributed by atoms with Crippen LogP contribution in [-0.2, 0) is 12.8 Å². The zero-order valence-electron chi connectivity index (χ0n) is 10.5. The van der Waals surface area contributed by atoms with Crippen LogP contribution in [-0.4, -0.2) is 6.04 Å². The number of nitrogens with two attached hydrogens (primary N) is 1. The van der Waals surface area contributed by atoms with Gasteiger partial charge in [-0.15, -0.1) is 0 Å². The molecule has 2 rings (SSSR count). The van der Waals surface area contributed by atoms with E-state index in [4.69, 9.17) is 17.3 Å². The molecule has 0 aliphatic rings. The first-order valence-electron chi connectivity index (χ1n) is 6.09. The van der Waals surface area contributed by atoms with E-state index in [2.05, 4.69) is 0 Å². The molecular formula is C15H13ClF3N. The van der Waals surface area contributed by atoms with E-state index in [9.17, 15) is 13.2 Å². The molecule has 20 heavy (non-hydrogen) atoms. The highest BCUT2D eigenvalue weighted by molar-refractivity contribution is 6.30. The summed E-state index contributed by atoms with van der Waals surface area (Å²) in [6, 6.07) is 7.58. The van der Waals surface area contributed by atoms with Crippen LogP contribution < -0.4 is 5.73 Å². The highest BCUT2D eigenvalue weighted by Gasteiger charge is 2.14. The third-order valence-corrected chi connectivity index (χ3v) is 3.24. The first kappa shape index (κ1) is 14.9. The summed E-state index contributed by atoms with van der Waals surface area (Å²) in [7, 11) is 0. The fourth-order valence-corrected chi connectivity index (χ4v) is 2.24. The predicted octanol–water partition coefficient (Wildman–Crippen LogP) is 3.87. The van der Waals surface area contributed by atoms with Crippen molar-refractivity contribution in [2.24, 2.45) is 5.73 Å². The molecule has 5 heteroatoms. The molecule has 2 aromatic rings. The second-order valence-corrected chi connectivity index (χ2v) is 5.05. The number of rotatable bonds is 4. The normalized spacial score (nSPS) is 12.4. The summed E-state index contributed by atoms with van der Waals surface area (Å²) >= 11 is 5.79. The molecule has 0 bridgehead atoms. The number of hydrogen-bond acceptors (Lipinski definition) is 1. The van der Waals surface area contributed by atoms with Crippen molar-refractivity contribution in [2.75, 3.05) is 0 Å². The molecule has 0 spiro atoms. The molecule has 1 unspecified atom stereocenters. The van der Waals surface area contributed by atoms with Gasteiger partial charge in [-0.3, -0.25) is 0 Å². The molecule has 0 amide bonds. The summed E-state index contributed by atoms with van der Waals surface area (Å²) in [6.07, 6.45) is 0.317. The summed E-state index contributed by atoms with van der Waals surface area (Å²) in [5, 5.41) is 0.408. The van der Waals surface area contributed by atoms with Gasteiger partial charge in [-0.25, -0.2) is 13.2 Å². The molecule has 2 aromatic carbocycles. The van der Waals surface area contributed by atoms with Gasteiger partial charge in [0.2, 0.25) is 0 Å². The van der Waals surface area contributed by atoms with E-state index in [1.54, 1.807) is 0 Å². The Morgan fingerprint density at radius 3 is 2.40 bits per heavy atom. The Morgan fingerprint density at radius 2 is 1.65 bits per heavy atom. The van der Waals surface area contributed by atoms with Crippen molar-refractivity contribution in [3.8, 4) is 0 Å². The zero-order chi connectivity index (χ0) is 14.7. The van der Waals surface area contributed by atoms with E-state index in [0.29, 0.717) is 10.6 Å². The van der Waals surface area contributed by atoms with Crippen LogP contribution in [0.2, 0.25) is 5.02 Å². The quantitative estimate of drug-likeness (QED) is 0.911. The second-order valence-electron chi connectivity index (χ2n) is 4.62. The van der Waals surface area contributed by atoms with E-state index >= 15 is 0 Å². The predicted molar refractivity (Wildman–Crippen MR) is 73.2 cm³/mol. The average Bonchev–Trinajstić information content (AvgIpc) is 2.39. The lowest BCUT2D eigenvalue weighted by molar-refractivity contribution is 0.491. The highest BCUT2D eigenvalue weighted by atomic mass is 35.5. The molecular weight excluding hydrogens is 287 g/mol. The Hall–Kier alpha value is -1.52. The Labute approximate surface area is 120 Å². The lowest BCUT2D eigenvalue weighted by atomic mass is 9.99. The molecule has 0 heterocycles. The van der Waals surface area contributed by atoms with Crippen molar-refractivity contribution < 1.29 is 13.2 Å². The maximum atomic E-state index is 13.6. The zero-order valence-corrected chi connectivity index (χ0v) is 11.3. The van der Waals surface area contributed by atoms with Gasteiger partial charge in [0.15, 0.2) is 11.6 Å². The lowest BCUT2D eigenvalue weighted by Gasteiger charge is -2.13. The molecule has 1 atom stereocenters. The molecule has 0 fully saturated rings. The van der Waals surface area contributed by atoms with Gasteiger partial charge in [0, 0.05) is 11.1 Å². The van der Waals surface area contributed by atoms with Gasteiger partial charge in [0.25, 0.3) is 0 Å². The van der Waals surface area contributed by atoms with Gasteiger partial charge in [0.1, 0.15) is 5.82 Å². The Kier molecular flexibility index (Phi) is 4.68. The van der Waals surface area contributed by atoms with Crippen molar-refractivity contribution in [3.63, 3.8) is 0 Å². The molecule has 106 valence electrons. The van der Waals surface area contributed by atoms with E-state index in [0.717, 1.165) is 6.07 Å². The number of hydrogen-bond donors (Lipinski definition) is 1. The fourth-order valence-electron chi connectivity index (χ4n) is 2.04. The standard InChI is InChI=1S/C15H13ClF3N/c16-11-4-5-13(17)10(6-11)8-12(20)7-9-2-1-3-14(18)15(9)19/h1-6,12H,7-8,20H2. The summed E-state index contributed by atoms with van der Waals surface area (Å²) in [6.45, 7) is 0. The minimum absolute atomic E-state index is 0.121. The van der Waals surface area contributed by atoms with E-state index < -0.39 is 23.5 Å². The molecule has 1 nitrogen and oxygen atoms in total. The highest BCUT2D eigenvalue weighted by Crippen LogP contribution is 2.18. The molecule has 0 saturated carbocycles. The number of benzene rings is 2. The summed E-state index contributed by atoms with van der Waals surface area (Å²) in [5.41, 5.74) is 6.42. The van der Waals surface area contributed by atoms with Crippen LogP contribution in [0.3, 0.4) is 0 Å². The van der Waals surface area contributed by atoms with Crippen LogP contribution in [0.25, 0.3) is 0 Å². The molecule has 0 aromatic heterocycles. The van der Waals surface area contributed by atoms with Crippen molar-refractivity contribution in [1.82, 2.24) is 0 Å². The van der Waals surface area contributed by atoms with Crippen molar-refractivity contribution in [3.05, 3.63) is 70.0 Å². The molecule has 0 radical (unpaired) electrons. The van der Waals surface area contributed by atoms with E-state index in [1.165, 1.54) is 30.3 Å². The minimum atomic E-state index is -0.913. The van der Waals surface area contributed by atoms with Crippen LogP contribution in [0, 0.1) is 17.5 Å². The van der Waals surface area contributed by atoms with Crippen LogP contribution in [0.15, 0.2) is 36.4 Å². The second kappa shape index (κ2) is 6.29. The first-order valence-corrected chi connectivity index (χ1v) is 6.47. The summed E-state index contributed by atoms with van der Waals surface area (Å²) < 4.78 is 40.2. The van der Waals surface area contributed by atoms with E-state index in [-0.39, 0.29) is 18.4 Å². The SMILES string of the molecule is NC(Cc1cc(Cl)ccc1F)Cc1cccc(F)c1F. The van der Waals surface area contributed by atoms with Gasteiger partial charge in [0.05, 0.1) is 0 Å². The van der Waals surface area contributed by atoms with Crippen LogP contribution in [0.4, 0.5) is 13.2 Å². The molecule has 0 aliphatic heterocycles. The van der Waals surface area contributed by atoms with Crippen molar-refractivity contribution in [1.29, 1.82) is 0 Å². The Balaban J connectivity index is 2.11.